The van der Waals surface area contributed by atoms with Gasteiger partial charge >= 0.3 is 5.97 Å². The topological polar surface area (TPSA) is 70.4 Å². The first kappa shape index (κ1) is 19.9. The molecule has 2 aliphatic rings. The zero-order valence-corrected chi connectivity index (χ0v) is 18.0. The molecule has 1 saturated heterocycles. The molecule has 0 radical (unpaired) electrons. The number of aromatic nitrogens is 2. The molecule has 0 saturated carbocycles. The van der Waals surface area contributed by atoms with Gasteiger partial charge in [0.15, 0.2) is 5.16 Å². The zero-order valence-electron chi connectivity index (χ0n) is 16.4. The number of esters is 1. The van der Waals surface area contributed by atoms with Crippen LogP contribution in [0, 0.1) is 0 Å². The van der Waals surface area contributed by atoms with Gasteiger partial charge in [-0.05, 0) is 57.9 Å². The molecule has 4 rings (SSSR count). The summed E-state index contributed by atoms with van der Waals surface area (Å²) in [6, 6.07) is 0. The third-order valence-corrected chi connectivity index (χ3v) is 7.27. The highest BCUT2D eigenvalue weighted by Crippen LogP contribution is 2.35. The van der Waals surface area contributed by atoms with Crippen molar-refractivity contribution in [2.75, 3.05) is 12.4 Å². The summed E-state index contributed by atoms with van der Waals surface area (Å²) in [4.78, 5) is 32.4. The van der Waals surface area contributed by atoms with Gasteiger partial charge in [-0.1, -0.05) is 11.8 Å². The van der Waals surface area contributed by atoms with E-state index in [0.717, 1.165) is 48.9 Å². The Kier molecular flexibility index (Phi) is 6.08. The van der Waals surface area contributed by atoms with Crippen molar-refractivity contribution in [3.8, 4) is 0 Å². The molecule has 3 heterocycles. The van der Waals surface area contributed by atoms with E-state index < -0.39 is 0 Å². The Morgan fingerprint density at radius 2 is 2.18 bits per heavy atom. The number of ether oxygens (including phenoxy) is 2. The van der Waals surface area contributed by atoms with E-state index >= 15 is 0 Å². The lowest BCUT2D eigenvalue weighted by atomic mass is 9.97. The van der Waals surface area contributed by atoms with Crippen LogP contribution in [0.15, 0.2) is 9.95 Å². The third kappa shape index (κ3) is 4.14. The van der Waals surface area contributed by atoms with Gasteiger partial charge in [0.1, 0.15) is 4.83 Å². The van der Waals surface area contributed by atoms with Gasteiger partial charge in [-0.2, -0.15) is 0 Å². The summed E-state index contributed by atoms with van der Waals surface area (Å²) in [5.41, 5.74) is 1.21. The number of rotatable bonds is 6. The molecular weight excluding hydrogens is 396 g/mol. The van der Waals surface area contributed by atoms with Gasteiger partial charge in [-0.3, -0.25) is 14.2 Å². The maximum Gasteiger partial charge on any atom is 0.316 e. The number of aryl methyl sites for hydroxylation is 2. The third-order valence-electron chi connectivity index (χ3n) is 5.14. The fraction of sp³-hybridized carbons (Fsp3) is 0.650. The number of hydrogen-bond donors (Lipinski definition) is 0. The van der Waals surface area contributed by atoms with Gasteiger partial charge in [0.05, 0.1) is 29.9 Å². The average Bonchev–Trinajstić information content (AvgIpc) is 3.29. The summed E-state index contributed by atoms with van der Waals surface area (Å²) in [5, 5.41) is 1.37. The van der Waals surface area contributed by atoms with Crippen LogP contribution in [0.3, 0.4) is 0 Å². The SMILES string of the molecule is CC(C)OC(=O)CSc1nc2sc3c(c2c(=O)n1C[C@H]1CCCO1)CCCC3. The Balaban J connectivity index is 1.70. The van der Waals surface area contributed by atoms with E-state index in [2.05, 4.69) is 0 Å². The van der Waals surface area contributed by atoms with Gasteiger partial charge < -0.3 is 9.47 Å². The summed E-state index contributed by atoms with van der Waals surface area (Å²) in [7, 11) is 0. The van der Waals surface area contributed by atoms with Crippen LogP contribution in [-0.2, 0) is 33.7 Å². The van der Waals surface area contributed by atoms with Crippen LogP contribution in [0.1, 0.15) is 50.0 Å². The van der Waals surface area contributed by atoms with Crippen LogP contribution in [0.5, 0.6) is 0 Å². The average molecular weight is 423 g/mol. The second-order valence-corrected chi connectivity index (χ2v) is 9.69. The number of nitrogens with zero attached hydrogens (tertiary/aromatic N) is 2. The van der Waals surface area contributed by atoms with Gasteiger partial charge in [-0.25, -0.2) is 4.98 Å². The van der Waals surface area contributed by atoms with Crippen LogP contribution < -0.4 is 5.56 Å². The summed E-state index contributed by atoms with van der Waals surface area (Å²) < 4.78 is 12.7. The quantitative estimate of drug-likeness (QED) is 0.403. The van der Waals surface area contributed by atoms with Crippen molar-refractivity contribution < 1.29 is 14.3 Å². The van der Waals surface area contributed by atoms with Crippen LogP contribution in [0.2, 0.25) is 0 Å². The minimum Gasteiger partial charge on any atom is -0.462 e. The first-order valence-electron chi connectivity index (χ1n) is 10.0. The Bertz CT molecular complexity index is 928. The summed E-state index contributed by atoms with van der Waals surface area (Å²) in [6.07, 6.45) is 6.14. The van der Waals surface area contributed by atoms with Crippen molar-refractivity contribution >= 4 is 39.3 Å². The normalized spacial score (nSPS) is 19.3. The predicted octanol–water partition coefficient (Wildman–Crippen LogP) is 3.56. The smallest absolute Gasteiger partial charge is 0.316 e. The fourth-order valence-electron chi connectivity index (χ4n) is 3.90. The molecule has 1 fully saturated rings. The Morgan fingerprint density at radius 1 is 1.36 bits per heavy atom. The molecule has 152 valence electrons. The Morgan fingerprint density at radius 3 is 2.93 bits per heavy atom. The molecule has 1 aliphatic carbocycles. The number of thiophene rings is 1. The molecule has 1 atom stereocenters. The molecule has 2 aromatic rings. The first-order valence-corrected chi connectivity index (χ1v) is 11.8. The second kappa shape index (κ2) is 8.55. The maximum absolute atomic E-state index is 13.4. The minimum absolute atomic E-state index is 0.0135. The number of hydrogen-bond acceptors (Lipinski definition) is 7. The van der Waals surface area contributed by atoms with E-state index in [1.165, 1.54) is 28.6 Å². The van der Waals surface area contributed by atoms with Crippen molar-refractivity contribution in [1.82, 2.24) is 9.55 Å². The van der Waals surface area contributed by atoms with Crippen molar-refractivity contribution in [3.63, 3.8) is 0 Å². The molecule has 2 aromatic heterocycles. The number of fused-ring (bicyclic) bond motifs is 3. The van der Waals surface area contributed by atoms with Crippen LogP contribution in [0.4, 0.5) is 0 Å². The highest BCUT2D eigenvalue weighted by Gasteiger charge is 2.25. The van der Waals surface area contributed by atoms with Crippen molar-refractivity contribution in [3.05, 3.63) is 20.8 Å². The Labute approximate surface area is 172 Å². The van der Waals surface area contributed by atoms with E-state index in [-0.39, 0.29) is 29.5 Å². The summed E-state index contributed by atoms with van der Waals surface area (Å²) in [6.45, 7) is 4.90. The predicted molar refractivity (Wildman–Crippen MR) is 111 cm³/mol. The standard InChI is InChI=1S/C20H26N2O4S2/c1-12(2)26-16(23)11-27-20-21-18-17(14-7-3-4-8-15(14)28-18)19(24)22(20)10-13-6-5-9-25-13/h12-13H,3-11H2,1-2H3/t13-/m1/s1. The molecular formula is C20H26N2O4S2. The van der Waals surface area contributed by atoms with E-state index in [4.69, 9.17) is 14.5 Å². The molecule has 6 nitrogen and oxygen atoms in total. The summed E-state index contributed by atoms with van der Waals surface area (Å²) in [5.74, 6) is -0.143. The van der Waals surface area contributed by atoms with Crippen LogP contribution >= 0.6 is 23.1 Å². The van der Waals surface area contributed by atoms with Gasteiger partial charge in [0, 0.05) is 11.5 Å². The van der Waals surface area contributed by atoms with Gasteiger partial charge in [0.25, 0.3) is 5.56 Å². The van der Waals surface area contributed by atoms with Gasteiger partial charge in [-0.15, -0.1) is 11.3 Å². The number of carbonyl (C=O) groups excluding carboxylic acids is 1. The minimum atomic E-state index is -0.288. The van der Waals surface area contributed by atoms with Crippen molar-refractivity contribution in [2.24, 2.45) is 0 Å². The van der Waals surface area contributed by atoms with E-state index in [9.17, 15) is 9.59 Å². The zero-order chi connectivity index (χ0) is 19.7. The lowest BCUT2D eigenvalue weighted by Gasteiger charge is -2.16. The molecule has 0 aromatic carbocycles. The lowest BCUT2D eigenvalue weighted by Crippen LogP contribution is -2.29. The fourth-order valence-corrected chi connectivity index (χ4v) is 6.00. The second-order valence-electron chi connectivity index (χ2n) is 7.66. The highest BCUT2D eigenvalue weighted by molar-refractivity contribution is 7.99. The molecule has 8 heteroatoms. The molecule has 28 heavy (non-hydrogen) atoms. The molecule has 0 bridgehead atoms. The molecule has 0 amide bonds. The van der Waals surface area contributed by atoms with Crippen molar-refractivity contribution in [2.45, 2.75) is 76.3 Å². The summed E-state index contributed by atoms with van der Waals surface area (Å²) >= 11 is 2.92. The molecule has 0 N–H and O–H groups in total. The monoisotopic (exact) mass is 422 g/mol. The van der Waals surface area contributed by atoms with Gasteiger partial charge in [0.2, 0.25) is 0 Å². The van der Waals surface area contributed by atoms with E-state index in [0.29, 0.717) is 11.7 Å². The molecule has 1 aliphatic heterocycles. The lowest BCUT2D eigenvalue weighted by molar-refractivity contribution is -0.144. The van der Waals surface area contributed by atoms with Crippen molar-refractivity contribution in [1.29, 1.82) is 0 Å². The Hall–Kier alpha value is -1.38. The number of carbonyl (C=O) groups is 1. The van der Waals surface area contributed by atoms with E-state index in [1.54, 1.807) is 15.9 Å². The van der Waals surface area contributed by atoms with Crippen LogP contribution in [-0.4, -0.2) is 40.1 Å². The highest BCUT2D eigenvalue weighted by atomic mass is 32.2. The van der Waals surface area contributed by atoms with Crippen LogP contribution in [0.25, 0.3) is 10.2 Å². The molecule has 0 spiro atoms. The van der Waals surface area contributed by atoms with E-state index in [1.807, 2.05) is 13.8 Å². The molecule has 0 unspecified atom stereocenters. The number of thioether (sulfide) groups is 1. The first-order chi connectivity index (χ1) is 13.5. The largest absolute Gasteiger partial charge is 0.462 e. The maximum atomic E-state index is 13.4.